The van der Waals surface area contributed by atoms with Gasteiger partial charge in [0.15, 0.2) is 0 Å². The van der Waals surface area contributed by atoms with Gasteiger partial charge in [-0.1, -0.05) is 12.1 Å². The van der Waals surface area contributed by atoms with E-state index in [0.29, 0.717) is 0 Å². The van der Waals surface area contributed by atoms with Crippen LogP contribution >= 0.6 is 0 Å². The van der Waals surface area contributed by atoms with Crippen molar-refractivity contribution in [2.75, 3.05) is 54.6 Å². The van der Waals surface area contributed by atoms with E-state index in [1.54, 1.807) is 28.4 Å². The van der Waals surface area contributed by atoms with Crippen LogP contribution in [0, 0.1) is 0 Å². The van der Waals surface area contributed by atoms with E-state index in [9.17, 15) is 0 Å². The van der Waals surface area contributed by atoms with Gasteiger partial charge in [0.25, 0.3) is 0 Å². The van der Waals surface area contributed by atoms with Crippen LogP contribution in [0.5, 0.6) is 23.0 Å². The third kappa shape index (κ3) is 7.45. The first-order chi connectivity index (χ1) is 14.2. The van der Waals surface area contributed by atoms with Gasteiger partial charge in [-0.05, 0) is 12.1 Å². The zero-order chi connectivity index (χ0) is 20.9. The molecule has 3 N–H and O–H groups in total. The van der Waals surface area contributed by atoms with E-state index in [2.05, 4.69) is 16.0 Å². The topological polar surface area (TPSA) is 73.0 Å². The highest BCUT2D eigenvalue weighted by Gasteiger charge is 2.05. The Morgan fingerprint density at radius 3 is 1.34 bits per heavy atom. The number of benzene rings is 2. The number of ether oxygens (including phenoxy) is 4. The summed E-state index contributed by atoms with van der Waals surface area (Å²) in [5.41, 5.74) is 2.23. The number of rotatable bonds is 14. The summed E-state index contributed by atoms with van der Waals surface area (Å²) in [5, 5.41) is 10.3. The first-order valence-electron chi connectivity index (χ1n) is 9.75. The molecule has 0 saturated heterocycles. The average molecular weight is 404 g/mol. The second-order valence-corrected chi connectivity index (χ2v) is 6.46. The molecule has 2 aromatic rings. The third-order valence-corrected chi connectivity index (χ3v) is 4.58. The molecule has 2 rings (SSSR count). The molecule has 0 bridgehead atoms. The van der Waals surface area contributed by atoms with Crippen molar-refractivity contribution in [1.82, 2.24) is 16.0 Å². The molecule has 2 aromatic carbocycles. The van der Waals surface area contributed by atoms with Crippen molar-refractivity contribution < 1.29 is 18.9 Å². The molecule has 0 radical (unpaired) electrons. The van der Waals surface area contributed by atoms with Crippen LogP contribution in [0.15, 0.2) is 36.4 Å². The van der Waals surface area contributed by atoms with Crippen LogP contribution in [0.25, 0.3) is 0 Å². The highest BCUT2D eigenvalue weighted by atomic mass is 16.5. The standard InChI is InChI=1S/C22H33N3O4/c1-26-19-7-5-17(21(13-19)28-3)15-24-11-9-23-10-12-25-16-18-6-8-20(27-2)14-22(18)29-4/h5-8,13-14,23-25H,9-12,15-16H2,1-4H3. The summed E-state index contributed by atoms with van der Waals surface area (Å²) in [6.45, 7) is 5.05. The summed E-state index contributed by atoms with van der Waals surface area (Å²) in [6, 6.07) is 11.7. The largest absolute Gasteiger partial charge is 0.497 e. The maximum absolute atomic E-state index is 5.42. The van der Waals surface area contributed by atoms with Crippen molar-refractivity contribution in [1.29, 1.82) is 0 Å². The van der Waals surface area contributed by atoms with E-state index in [4.69, 9.17) is 18.9 Å². The van der Waals surface area contributed by atoms with Crippen molar-refractivity contribution >= 4 is 0 Å². The SMILES string of the molecule is COc1ccc(CNCCNCCNCc2ccc(OC)cc2OC)c(OC)c1. The van der Waals surface area contributed by atoms with Crippen LogP contribution in [0.1, 0.15) is 11.1 Å². The van der Waals surface area contributed by atoms with Gasteiger partial charge in [0.1, 0.15) is 23.0 Å². The van der Waals surface area contributed by atoms with Gasteiger partial charge in [-0.2, -0.15) is 0 Å². The van der Waals surface area contributed by atoms with Crippen LogP contribution in [0.4, 0.5) is 0 Å². The summed E-state index contributed by atoms with van der Waals surface area (Å²) in [6.07, 6.45) is 0. The summed E-state index contributed by atoms with van der Waals surface area (Å²) in [7, 11) is 6.66. The van der Waals surface area contributed by atoms with E-state index >= 15 is 0 Å². The predicted octanol–water partition coefficient (Wildman–Crippen LogP) is 2.19. The highest BCUT2D eigenvalue weighted by molar-refractivity contribution is 5.41. The van der Waals surface area contributed by atoms with Gasteiger partial charge in [-0.3, -0.25) is 0 Å². The van der Waals surface area contributed by atoms with E-state index in [1.807, 2.05) is 36.4 Å². The lowest BCUT2D eigenvalue weighted by molar-refractivity contribution is 0.389. The zero-order valence-electron chi connectivity index (χ0n) is 17.8. The summed E-state index contributed by atoms with van der Waals surface area (Å²) < 4.78 is 21.3. The van der Waals surface area contributed by atoms with Gasteiger partial charge in [0, 0.05) is 62.5 Å². The molecule has 0 amide bonds. The molecule has 160 valence electrons. The number of hydrogen-bond acceptors (Lipinski definition) is 7. The maximum atomic E-state index is 5.42. The lowest BCUT2D eigenvalue weighted by Gasteiger charge is -2.12. The maximum Gasteiger partial charge on any atom is 0.127 e. The first kappa shape index (κ1) is 22.8. The van der Waals surface area contributed by atoms with E-state index in [0.717, 1.165) is 73.4 Å². The molecule has 0 aliphatic rings. The van der Waals surface area contributed by atoms with E-state index in [-0.39, 0.29) is 0 Å². The van der Waals surface area contributed by atoms with Crippen LogP contribution in [0.3, 0.4) is 0 Å². The van der Waals surface area contributed by atoms with Crippen molar-refractivity contribution in [2.24, 2.45) is 0 Å². The Morgan fingerprint density at radius 1 is 0.552 bits per heavy atom. The predicted molar refractivity (Wildman–Crippen MR) is 115 cm³/mol. The zero-order valence-corrected chi connectivity index (χ0v) is 17.8. The minimum absolute atomic E-state index is 0.754. The Kier molecular flexibility index (Phi) is 10.1. The Hall–Kier alpha value is -2.48. The number of nitrogens with one attached hydrogen (secondary N) is 3. The molecule has 7 nitrogen and oxygen atoms in total. The van der Waals surface area contributed by atoms with Crippen LogP contribution in [-0.2, 0) is 13.1 Å². The summed E-state index contributed by atoms with van der Waals surface area (Å²) in [4.78, 5) is 0. The first-order valence-corrected chi connectivity index (χ1v) is 9.75. The minimum atomic E-state index is 0.754. The van der Waals surface area contributed by atoms with Crippen LogP contribution in [0.2, 0.25) is 0 Å². The fourth-order valence-corrected chi connectivity index (χ4v) is 2.92. The second kappa shape index (κ2) is 12.9. The molecule has 0 heterocycles. The molecule has 0 unspecified atom stereocenters. The smallest absolute Gasteiger partial charge is 0.127 e. The average Bonchev–Trinajstić information content (AvgIpc) is 2.77. The Labute approximate surface area is 173 Å². The Bertz CT molecular complexity index is 678. The van der Waals surface area contributed by atoms with Gasteiger partial charge >= 0.3 is 0 Å². The monoisotopic (exact) mass is 403 g/mol. The highest BCUT2D eigenvalue weighted by Crippen LogP contribution is 2.25. The van der Waals surface area contributed by atoms with Crippen molar-refractivity contribution in [2.45, 2.75) is 13.1 Å². The molecule has 0 aliphatic heterocycles. The molecule has 0 atom stereocenters. The van der Waals surface area contributed by atoms with Gasteiger partial charge in [0.05, 0.1) is 28.4 Å². The Balaban J connectivity index is 1.58. The van der Waals surface area contributed by atoms with Gasteiger partial charge in [-0.25, -0.2) is 0 Å². The molecular formula is C22H33N3O4. The quantitative estimate of drug-likeness (QED) is 0.418. The molecule has 0 spiro atoms. The third-order valence-electron chi connectivity index (χ3n) is 4.58. The normalized spacial score (nSPS) is 10.6. The van der Waals surface area contributed by atoms with Crippen LogP contribution < -0.4 is 34.9 Å². The molecular weight excluding hydrogens is 370 g/mol. The van der Waals surface area contributed by atoms with Crippen molar-refractivity contribution in [3.63, 3.8) is 0 Å². The minimum Gasteiger partial charge on any atom is -0.497 e. The molecule has 0 aromatic heterocycles. The fraction of sp³-hybridized carbons (Fsp3) is 0.455. The van der Waals surface area contributed by atoms with Crippen molar-refractivity contribution in [3.05, 3.63) is 47.5 Å². The van der Waals surface area contributed by atoms with E-state index in [1.165, 1.54) is 0 Å². The summed E-state index contributed by atoms with van der Waals surface area (Å²) >= 11 is 0. The second-order valence-electron chi connectivity index (χ2n) is 6.46. The number of hydrogen-bond donors (Lipinski definition) is 3. The molecule has 29 heavy (non-hydrogen) atoms. The van der Waals surface area contributed by atoms with Crippen molar-refractivity contribution in [3.8, 4) is 23.0 Å². The van der Waals surface area contributed by atoms with Gasteiger partial charge in [0.2, 0.25) is 0 Å². The van der Waals surface area contributed by atoms with Gasteiger partial charge < -0.3 is 34.9 Å². The molecule has 7 heteroatoms. The molecule has 0 aliphatic carbocycles. The van der Waals surface area contributed by atoms with Crippen LogP contribution in [-0.4, -0.2) is 54.6 Å². The number of methoxy groups -OCH3 is 4. The molecule has 0 fully saturated rings. The lowest BCUT2D eigenvalue weighted by Crippen LogP contribution is -2.32. The molecule has 0 saturated carbocycles. The van der Waals surface area contributed by atoms with E-state index < -0.39 is 0 Å². The fourth-order valence-electron chi connectivity index (χ4n) is 2.92. The van der Waals surface area contributed by atoms with Gasteiger partial charge in [-0.15, -0.1) is 0 Å². The lowest BCUT2D eigenvalue weighted by atomic mass is 10.2. The Morgan fingerprint density at radius 2 is 0.966 bits per heavy atom. The summed E-state index contributed by atoms with van der Waals surface area (Å²) in [5.74, 6) is 3.27.